The molecule has 0 bridgehead atoms. The van der Waals surface area contributed by atoms with Crippen molar-refractivity contribution in [3.05, 3.63) is 72.0 Å². The summed E-state index contributed by atoms with van der Waals surface area (Å²) in [5.74, 6) is 0.934. The molecule has 4 aromatic rings. The summed E-state index contributed by atoms with van der Waals surface area (Å²) in [6, 6.07) is 8.06. The fourth-order valence-corrected chi connectivity index (χ4v) is 2.68. The predicted molar refractivity (Wildman–Crippen MR) is 108 cm³/mol. The first-order valence-corrected chi connectivity index (χ1v) is 9.32. The van der Waals surface area contributed by atoms with Crippen LogP contribution in [0.3, 0.4) is 0 Å². The van der Waals surface area contributed by atoms with Crippen LogP contribution in [0.1, 0.15) is 41.6 Å². The summed E-state index contributed by atoms with van der Waals surface area (Å²) in [5.41, 5.74) is 1.74. The Kier molecular flexibility index (Phi) is 5.09. The number of nitrogens with one attached hydrogen (secondary N) is 1. The number of carbonyl (C=O) groups is 1. The lowest BCUT2D eigenvalue weighted by atomic mass is 10.2. The molecule has 0 fully saturated rings. The quantitative estimate of drug-likeness (QED) is 0.535. The van der Waals surface area contributed by atoms with Crippen LogP contribution in [0.15, 0.2) is 53.6 Å². The summed E-state index contributed by atoms with van der Waals surface area (Å²) in [5, 5.41) is 6.57. The van der Waals surface area contributed by atoms with Gasteiger partial charge in [-0.1, -0.05) is 25.1 Å². The first kappa shape index (κ1) is 19.4. The number of nitrogens with zero attached hydrogens (tertiary/aromatic N) is 5. The van der Waals surface area contributed by atoms with Gasteiger partial charge in [-0.3, -0.25) is 9.36 Å². The molecule has 0 atom stereocenters. The summed E-state index contributed by atoms with van der Waals surface area (Å²) in [4.78, 5) is 25.2. The van der Waals surface area contributed by atoms with Gasteiger partial charge in [-0.05, 0) is 36.8 Å². The highest BCUT2D eigenvalue weighted by atomic mass is 19.1. The Labute approximate surface area is 171 Å². The minimum Gasteiger partial charge on any atom is -0.334 e. The maximum absolute atomic E-state index is 13.7. The lowest BCUT2D eigenvalue weighted by Crippen LogP contribution is -2.12. The predicted octanol–water partition coefficient (Wildman–Crippen LogP) is 4.14. The van der Waals surface area contributed by atoms with Gasteiger partial charge in [-0.25, -0.2) is 14.4 Å². The van der Waals surface area contributed by atoms with Crippen LogP contribution < -0.4 is 5.32 Å². The van der Waals surface area contributed by atoms with Crippen molar-refractivity contribution in [2.24, 2.45) is 0 Å². The van der Waals surface area contributed by atoms with Crippen molar-refractivity contribution in [3.63, 3.8) is 0 Å². The van der Waals surface area contributed by atoms with Crippen LogP contribution in [0.5, 0.6) is 0 Å². The highest BCUT2D eigenvalue weighted by Gasteiger charge is 2.14. The molecule has 1 aromatic carbocycles. The fourth-order valence-electron chi connectivity index (χ4n) is 2.68. The number of benzene rings is 1. The van der Waals surface area contributed by atoms with Crippen LogP contribution in [0, 0.1) is 12.7 Å². The number of hydrogen-bond acceptors (Lipinski definition) is 6. The normalized spacial score (nSPS) is 11.1. The molecule has 0 radical (unpaired) electrons. The van der Waals surface area contributed by atoms with Crippen molar-refractivity contribution in [2.75, 3.05) is 5.32 Å². The van der Waals surface area contributed by atoms with E-state index in [2.05, 4.69) is 25.4 Å². The van der Waals surface area contributed by atoms with Gasteiger partial charge in [0.25, 0.3) is 11.8 Å². The Morgan fingerprint density at radius 1 is 1.20 bits per heavy atom. The van der Waals surface area contributed by atoms with E-state index in [4.69, 9.17) is 4.52 Å². The summed E-state index contributed by atoms with van der Waals surface area (Å²) in [7, 11) is 0. The van der Waals surface area contributed by atoms with Crippen LogP contribution in [-0.4, -0.2) is 30.6 Å². The molecule has 0 spiro atoms. The van der Waals surface area contributed by atoms with Crippen molar-refractivity contribution in [2.45, 2.75) is 26.7 Å². The Balaban J connectivity index is 1.49. The number of anilines is 1. The van der Waals surface area contributed by atoms with Gasteiger partial charge < -0.3 is 9.84 Å². The summed E-state index contributed by atoms with van der Waals surface area (Å²) < 4.78 is 20.5. The maximum atomic E-state index is 13.7. The van der Waals surface area contributed by atoms with Gasteiger partial charge in [0.1, 0.15) is 23.7 Å². The van der Waals surface area contributed by atoms with Crippen molar-refractivity contribution in [1.29, 1.82) is 0 Å². The third-order valence-electron chi connectivity index (χ3n) is 4.46. The van der Waals surface area contributed by atoms with Crippen molar-refractivity contribution in [1.82, 2.24) is 24.7 Å². The van der Waals surface area contributed by atoms with E-state index in [1.807, 2.05) is 13.8 Å². The van der Waals surface area contributed by atoms with E-state index >= 15 is 0 Å². The second kappa shape index (κ2) is 7.86. The maximum Gasteiger partial charge on any atom is 0.275 e. The number of aryl methyl sites for hydroxylation is 1. The van der Waals surface area contributed by atoms with Crippen LogP contribution in [-0.2, 0) is 0 Å². The van der Waals surface area contributed by atoms with E-state index in [1.165, 1.54) is 12.4 Å². The average molecular weight is 406 g/mol. The number of carbonyl (C=O) groups excluding carboxylic acids is 1. The molecule has 4 rings (SSSR count). The molecular weight excluding hydrogens is 387 g/mol. The summed E-state index contributed by atoms with van der Waals surface area (Å²) in [6.45, 7) is 5.62. The molecule has 1 amide bonds. The zero-order chi connectivity index (χ0) is 21.3. The molecule has 0 aliphatic carbocycles. The SMILES string of the molecule is Cc1ccc(NC(=O)c2cn(-c3ccc(-c4nc(C(C)C)no4)cn3)cn2)cc1F. The standard InChI is InChI=1S/C21H19FN6O2/c1-12(2)19-26-21(30-27-19)14-5-7-18(23-9-14)28-10-17(24-11-28)20(29)25-15-6-4-13(3)16(22)8-15/h4-12H,1-3H3,(H,25,29). The first-order valence-electron chi connectivity index (χ1n) is 9.32. The van der Waals surface area contributed by atoms with E-state index in [0.717, 1.165) is 0 Å². The molecule has 8 nitrogen and oxygen atoms in total. The van der Waals surface area contributed by atoms with Gasteiger partial charge in [0, 0.05) is 24.0 Å². The van der Waals surface area contributed by atoms with E-state index in [1.54, 1.807) is 48.1 Å². The lowest BCUT2D eigenvalue weighted by Gasteiger charge is -2.04. The van der Waals surface area contributed by atoms with Crippen LogP contribution >= 0.6 is 0 Å². The topological polar surface area (TPSA) is 98.7 Å². The number of imidazole rings is 1. The van der Waals surface area contributed by atoms with E-state index < -0.39 is 5.91 Å². The Hall–Kier alpha value is -3.88. The number of aromatic nitrogens is 5. The summed E-state index contributed by atoms with van der Waals surface area (Å²) in [6.07, 6.45) is 4.64. The highest BCUT2D eigenvalue weighted by molar-refractivity contribution is 6.02. The minimum atomic E-state index is -0.444. The zero-order valence-electron chi connectivity index (χ0n) is 16.6. The van der Waals surface area contributed by atoms with Crippen LogP contribution in [0.4, 0.5) is 10.1 Å². The highest BCUT2D eigenvalue weighted by Crippen LogP contribution is 2.20. The molecule has 9 heteroatoms. The Morgan fingerprint density at radius 2 is 2.03 bits per heavy atom. The molecule has 3 aromatic heterocycles. The third-order valence-corrected chi connectivity index (χ3v) is 4.46. The van der Waals surface area contributed by atoms with E-state index in [0.29, 0.717) is 34.3 Å². The van der Waals surface area contributed by atoms with Crippen molar-refractivity contribution < 1.29 is 13.7 Å². The molecular formula is C21H19FN6O2. The molecule has 0 aliphatic rings. The van der Waals surface area contributed by atoms with Gasteiger partial charge in [-0.15, -0.1) is 0 Å². The third kappa shape index (κ3) is 3.95. The Bertz CT molecular complexity index is 1200. The number of rotatable bonds is 5. The molecule has 152 valence electrons. The van der Waals surface area contributed by atoms with Crippen molar-refractivity contribution in [3.8, 4) is 17.3 Å². The van der Waals surface area contributed by atoms with E-state index in [9.17, 15) is 9.18 Å². The molecule has 1 N–H and O–H groups in total. The van der Waals surface area contributed by atoms with Crippen molar-refractivity contribution >= 4 is 11.6 Å². The number of amides is 1. The van der Waals surface area contributed by atoms with E-state index in [-0.39, 0.29) is 17.4 Å². The van der Waals surface area contributed by atoms with Gasteiger partial charge in [-0.2, -0.15) is 4.98 Å². The van der Waals surface area contributed by atoms with Gasteiger partial charge in [0.05, 0.1) is 5.56 Å². The Morgan fingerprint density at radius 3 is 2.70 bits per heavy atom. The molecule has 0 saturated heterocycles. The average Bonchev–Trinajstić information content (AvgIpc) is 3.41. The summed E-state index contributed by atoms with van der Waals surface area (Å²) >= 11 is 0. The number of halogens is 1. The van der Waals surface area contributed by atoms with Crippen LogP contribution in [0.2, 0.25) is 0 Å². The second-order valence-corrected chi connectivity index (χ2v) is 7.10. The van der Waals surface area contributed by atoms with Gasteiger partial charge >= 0.3 is 0 Å². The molecule has 0 saturated carbocycles. The smallest absolute Gasteiger partial charge is 0.275 e. The fraction of sp³-hybridized carbons (Fsp3) is 0.190. The first-order chi connectivity index (χ1) is 14.4. The van der Waals surface area contributed by atoms with Gasteiger partial charge in [0.2, 0.25) is 0 Å². The lowest BCUT2D eigenvalue weighted by molar-refractivity contribution is 0.102. The molecule has 3 heterocycles. The molecule has 0 aliphatic heterocycles. The second-order valence-electron chi connectivity index (χ2n) is 7.10. The minimum absolute atomic E-state index is 0.168. The number of pyridine rings is 1. The zero-order valence-corrected chi connectivity index (χ0v) is 16.6. The molecule has 0 unspecified atom stereocenters. The monoisotopic (exact) mass is 406 g/mol. The van der Waals surface area contributed by atoms with Crippen LogP contribution in [0.25, 0.3) is 17.3 Å². The molecule has 30 heavy (non-hydrogen) atoms. The largest absolute Gasteiger partial charge is 0.334 e. The van der Waals surface area contributed by atoms with Gasteiger partial charge in [0.15, 0.2) is 5.82 Å². The number of hydrogen-bond donors (Lipinski definition) is 1.